The van der Waals surface area contributed by atoms with Crippen molar-refractivity contribution in [3.8, 4) is 11.4 Å². The fraction of sp³-hybridized carbons (Fsp3) is 0.333. The molecule has 2 heterocycles. The first-order valence-corrected chi connectivity index (χ1v) is 12.3. The maximum absolute atomic E-state index is 12.9. The molecule has 0 unspecified atom stereocenters. The molecule has 0 aliphatic carbocycles. The number of aromatic nitrogens is 2. The maximum atomic E-state index is 12.9. The summed E-state index contributed by atoms with van der Waals surface area (Å²) < 4.78 is 0. The Bertz CT molecular complexity index is 1140. The molecule has 1 aliphatic heterocycles. The lowest BCUT2D eigenvalue weighted by atomic mass is 10.2. The van der Waals surface area contributed by atoms with Gasteiger partial charge in [0.1, 0.15) is 11.6 Å². The molecule has 3 N–H and O–H groups in total. The van der Waals surface area contributed by atoms with Gasteiger partial charge in [-0.3, -0.25) is 14.5 Å². The topological polar surface area (TPSA) is 102 Å². The zero-order valence-corrected chi connectivity index (χ0v) is 20.6. The van der Waals surface area contributed by atoms with E-state index in [4.69, 9.17) is 0 Å². The first kappa shape index (κ1) is 25.1. The number of hydrogen-bond acceptors (Lipinski definition) is 7. The zero-order valence-electron chi connectivity index (χ0n) is 20.6. The highest BCUT2D eigenvalue weighted by molar-refractivity contribution is 5.92. The molecule has 0 saturated carbocycles. The summed E-state index contributed by atoms with van der Waals surface area (Å²) in [7, 11) is 0. The van der Waals surface area contributed by atoms with Crippen LogP contribution in [0, 0.1) is 0 Å². The van der Waals surface area contributed by atoms with Gasteiger partial charge in [0.15, 0.2) is 5.82 Å². The molecular formula is C27H33N7O2. The molecule has 1 aromatic heterocycles. The largest absolute Gasteiger partial charge is 0.370 e. The van der Waals surface area contributed by atoms with Gasteiger partial charge in [-0.2, -0.15) is 0 Å². The predicted molar refractivity (Wildman–Crippen MR) is 143 cm³/mol. The lowest BCUT2D eigenvalue weighted by molar-refractivity contribution is -0.119. The van der Waals surface area contributed by atoms with Crippen LogP contribution in [0.1, 0.15) is 13.3 Å². The summed E-state index contributed by atoms with van der Waals surface area (Å²) in [6.45, 7) is 6.30. The van der Waals surface area contributed by atoms with Crippen molar-refractivity contribution in [1.29, 1.82) is 0 Å². The van der Waals surface area contributed by atoms with E-state index in [1.165, 1.54) is 12.6 Å². The molecule has 2 amide bonds. The molecule has 1 aliphatic rings. The minimum absolute atomic E-state index is 0.0854. The van der Waals surface area contributed by atoms with Crippen molar-refractivity contribution in [2.75, 3.05) is 61.3 Å². The SMILES string of the molecule is CC(=O)NCCNc1cc(NC(=O)CN2CCCN(c3ccccc3)CC2)nc(-c2ccccc2)n1. The molecule has 0 spiro atoms. The quantitative estimate of drug-likeness (QED) is 0.399. The van der Waals surface area contributed by atoms with Gasteiger partial charge < -0.3 is 20.9 Å². The van der Waals surface area contributed by atoms with E-state index in [9.17, 15) is 9.59 Å². The number of amides is 2. The van der Waals surface area contributed by atoms with Crippen molar-refractivity contribution in [2.45, 2.75) is 13.3 Å². The predicted octanol–water partition coefficient (Wildman–Crippen LogP) is 2.84. The third kappa shape index (κ3) is 7.51. The van der Waals surface area contributed by atoms with Crippen molar-refractivity contribution in [1.82, 2.24) is 20.2 Å². The average Bonchev–Trinajstić information content (AvgIpc) is 3.13. The number of para-hydroxylation sites is 1. The van der Waals surface area contributed by atoms with Gasteiger partial charge in [0.25, 0.3) is 0 Å². The van der Waals surface area contributed by atoms with Gasteiger partial charge in [-0.1, -0.05) is 48.5 Å². The number of nitrogens with one attached hydrogen (secondary N) is 3. The number of hydrogen-bond donors (Lipinski definition) is 3. The molecule has 9 nitrogen and oxygen atoms in total. The van der Waals surface area contributed by atoms with Gasteiger partial charge in [0, 0.05) is 63.5 Å². The van der Waals surface area contributed by atoms with E-state index < -0.39 is 0 Å². The van der Waals surface area contributed by atoms with Gasteiger partial charge in [-0.25, -0.2) is 9.97 Å². The Morgan fingerprint density at radius 1 is 0.861 bits per heavy atom. The molecule has 0 bridgehead atoms. The van der Waals surface area contributed by atoms with Crippen LogP contribution in [0.25, 0.3) is 11.4 Å². The molecule has 0 atom stereocenters. The molecule has 3 aromatic rings. The summed E-state index contributed by atoms with van der Waals surface area (Å²) >= 11 is 0. The van der Waals surface area contributed by atoms with E-state index in [0.717, 1.165) is 38.2 Å². The molecule has 188 valence electrons. The fourth-order valence-electron chi connectivity index (χ4n) is 4.16. The normalized spacial score (nSPS) is 14.1. The van der Waals surface area contributed by atoms with Crippen LogP contribution in [0.3, 0.4) is 0 Å². The monoisotopic (exact) mass is 487 g/mol. The number of carbonyl (C=O) groups is 2. The van der Waals surface area contributed by atoms with Crippen LogP contribution in [-0.2, 0) is 9.59 Å². The second-order valence-corrected chi connectivity index (χ2v) is 8.74. The average molecular weight is 488 g/mol. The fourth-order valence-corrected chi connectivity index (χ4v) is 4.16. The summed E-state index contributed by atoms with van der Waals surface area (Å²) in [5.74, 6) is 1.35. The van der Waals surface area contributed by atoms with Crippen molar-refractivity contribution in [2.24, 2.45) is 0 Å². The van der Waals surface area contributed by atoms with E-state index in [-0.39, 0.29) is 11.8 Å². The summed E-state index contributed by atoms with van der Waals surface area (Å²) in [5.41, 5.74) is 2.07. The van der Waals surface area contributed by atoms with Gasteiger partial charge in [-0.05, 0) is 18.6 Å². The van der Waals surface area contributed by atoms with E-state index in [1.807, 2.05) is 36.4 Å². The molecule has 2 aromatic carbocycles. The van der Waals surface area contributed by atoms with Crippen molar-refractivity contribution >= 4 is 29.1 Å². The number of anilines is 3. The maximum Gasteiger partial charge on any atom is 0.239 e. The highest BCUT2D eigenvalue weighted by Crippen LogP contribution is 2.20. The standard InChI is InChI=1S/C27H33N7O2/c1-21(35)28-13-14-29-24-19-25(32-27(31-24)22-9-4-2-5-10-22)30-26(36)20-33-15-8-16-34(18-17-33)23-11-6-3-7-12-23/h2-7,9-12,19H,8,13-18,20H2,1H3,(H,28,35)(H2,29,30,31,32,36). The van der Waals surface area contributed by atoms with Gasteiger partial charge in [0.05, 0.1) is 6.54 Å². The summed E-state index contributed by atoms with van der Waals surface area (Å²) in [5, 5.41) is 8.91. The van der Waals surface area contributed by atoms with E-state index in [1.54, 1.807) is 6.07 Å². The van der Waals surface area contributed by atoms with Crippen LogP contribution in [-0.4, -0.2) is 72.5 Å². The molecule has 36 heavy (non-hydrogen) atoms. The Kier molecular flexibility index (Phi) is 8.82. The summed E-state index contributed by atoms with van der Waals surface area (Å²) in [6, 6.07) is 21.7. The van der Waals surface area contributed by atoms with Crippen LogP contribution >= 0.6 is 0 Å². The minimum Gasteiger partial charge on any atom is -0.370 e. The Morgan fingerprint density at radius 3 is 2.33 bits per heavy atom. The highest BCUT2D eigenvalue weighted by atomic mass is 16.2. The van der Waals surface area contributed by atoms with Crippen LogP contribution < -0.4 is 20.9 Å². The Labute approximate surface area is 211 Å². The number of rotatable bonds is 9. The van der Waals surface area contributed by atoms with Gasteiger partial charge in [-0.15, -0.1) is 0 Å². The third-order valence-corrected chi connectivity index (χ3v) is 5.91. The molecule has 4 rings (SSSR count). The van der Waals surface area contributed by atoms with E-state index >= 15 is 0 Å². The molecule has 9 heteroatoms. The Morgan fingerprint density at radius 2 is 1.58 bits per heavy atom. The molecular weight excluding hydrogens is 454 g/mol. The van der Waals surface area contributed by atoms with Crippen LogP contribution in [0.5, 0.6) is 0 Å². The second kappa shape index (κ2) is 12.6. The third-order valence-electron chi connectivity index (χ3n) is 5.91. The van der Waals surface area contributed by atoms with E-state index in [0.29, 0.717) is 37.1 Å². The molecule has 1 saturated heterocycles. The van der Waals surface area contributed by atoms with E-state index in [2.05, 4.69) is 60.0 Å². The number of carbonyl (C=O) groups excluding carboxylic acids is 2. The first-order valence-electron chi connectivity index (χ1n) is 12.3. The Balaban J connectivity index is 1.39. The smallest absolute Gasteiger partial charge is 0.239 e. The van der Waals surface area contributed by atoms with Crippen molar-refractivity contribution in [3.05, 3.63) is 66.7 Å². The Hall–Kier alpha value is -3.98. The zero-order chi connectivity index (χ0) is 25.2. The number of benzene rings is 2. The molecule has 1 fully saturated rings. The van der Waals surface area contributed by atoms with Gasteiger partial charge >= 0.3 is 0 Å². The van der Waals surface area contributed by atoms with Crippen LogP contribution in [0.15, 0.2) is 66.7 Å². The summed E-state index contributed by atoms with van der Waals surface area (Å²) in [6.07, 6.45) is 0.996. The highest BCUT2D eigenvalue weighted by Gasteiger charge is 2.18. The first-order chi connectivity index (χ1) is 17.6. The van der Waals surface area contributed by atoms with Crippen LogP contribution in [0.2, 0.25) is 0 Å². The molecule has 0 radical (unpaired) electrons. The second-order valence-electron chi connectivity index (χ2n) is 8.74. The summed E-state index contributed by atoms with van der Waals surface area (Å²) in [4.78, 5) is 37.8. The van der Waals surface area contributed by atoms with Crippen LogP contribution in [0.4, 0.5) is 17.3 Å². The minimum atomic E-state index is -0.106. The van der Waals surface area contributed by atoms with Crippen molar-refractivity contribution in [3.63, 3.8) is 0 Å². The lowest BCUT2D eigenvalue weighted by Crippen LogP contribution is -2.36. The van der Waals surface area contributed by atoms with Crippen molar-refractivity contribution < 1.29 is 9.59 Å². The lowest BCUT2D eigenvalue weighted by Gasteiger charge is -2.23. The number of nitrogens with zero attached hydrogens (tertiary/aromatic N) is 4. The van der Waals surface area contributed by atoms with Gasteiger partial charge in [0.2, 0.25) is 11.8 Å².